The van der Waals surface area contributed by atoms with Gasteiger partial charge >= 0.3 is 6.03 Å². The molecule has 0 unspecified atom stereocenters. The molecule has 7 heteroatoms. The lowest BCUT2D eigenvalue weighted by atomic mass is 10.1. The van der Waals surface area contributed by atoms with Crippen molar-refractivity contribution < 1.29 is 18.4 Å². The average Bonchev–Trinajstić information content (AvgIpc) is 2.78. The number of rotatable bonds is 5. The number of carbonyl (C=O) groups excluding carboxylic acids is 2. The highest BCUT2D eigenvalue weighted by Gasteiger charge is 2.29. The van der Waals surface area contributed by atoms with Crippen molar-refractivity contribution in [1.82, 2.24) is 4.90 Å². The fourth-order valence-corrected chi connectivity index (χ4v) is 4.02. The van der Waals surface area contributed by atoms with Crippen LogP contribution in [0.2, 0.25) is 0 Å². The molecule has 1 heterocycles. The van der Waals surface area contributed by atoms with E-state index in [0.717, 1.165) is 29.3 Å². The largest absolute Gasteiger partial charge is 0.324 e. The summed E-state index contributed by atoms with van der Waals surface area (Å²) in [4.78, 5) is 29.3. The topological polar surface area (TPSA) is 52.6 Å². The fraction of sp³-hybridized carbons (Fsp3) is 0.231. The summed E-state index contributed by atoms with van der Waals surface area (Å²) in [7, 11) is 0. The molecule has 0 atom stereocenters. The molecular formula is C26H25F2N3O2. The molecule has 0 bridgehead atoms. The van der Waals surface area contributed by atoms with Gasteiger partial charge in [-0.2, -0.15) is 0 Å². The van der Waals surface area contributed by atoms with Gasteiger partial charge in [0.15, 0.2) is 0 Å². The molecule has 5 nitrogen and oxygen atoms in total. The zero-order chi connectivity index (χ0) is 23.5. The van der Waals surface area contributed by atoms with Gasteiger partial charge in [-0.15, -0.1) is 0 Å². The number of hydrogen-bond donors (Lipinski definition) is 1. The summed E-state index contributed by atoms with van der Waals surface area (Å²) in [6.45, 7) is 4.63. The Morgan fingerprint density at radius 1 is 1.00 bits per heavy atom. The third-order valence-electron chi connectivity index (χ3n) is 5.76. The minimum atomic E-state index is -0.553. The monoisotopic (exact) mass is 449 g/mol. The second-order valence-corrected chi connectivity index (χ2v) is 8.23. The number of anilines is 2. The van der Waals surface area contributed by atoms with Crippen molar-refractivity contribution in [1.29, 1.82) is 0 Å². The number of nitrogens with zero attached hydrogens (tertiary/aromatic N) is 2. The van der Waals surface area contributed by atoms with Crippen molar-refractivity contribution in [3.8, 4) is 0 Å². The number of amides is 3. The quantitative estimate of drug-likeness (QED) is 0.546. The lowest BCUT2D eigenvalue weighted by Crippen LogP contribution is -2.49. The van der Waals surface area contributed by atoms with Crippen molar-refractivity contribution in [2.24, 2.45) is 0 Å². The summed E-state index contributed by atoms with van der Waals surface area (Å²) in [5.41, 5.74) is 3.55. The summed E-state index contributed by atoms with van der Waals surface area (Å²) in [5.74, 6) is -1.36. The van der Waals surface area contributed by atoms with Crippen LogP contribution in [0.3, 0.4) is 0 Å². The number of hydrogen-bond acceptors (Lipinski definition) is 2. The van der Waals surface area contributed by atoms with Crippen LogP contribution in [0.1, 0.15) is 33.5 Å². The lowest BCUT2D eigenvalue weighted by Gasteiger charge is -2.36. The third-order valence-corrected chi connectivity index (χ3v) is 5.76. The van der Waals surface area contributed by atoms with E-state index in [1.54, 1.807) is 23.1 Å². The maximum Gasteiger partial charge on any atom is 0.324 e. The zero-order valence-corrected chi connectivity index (χ0v) is 18.6. The SMILES string of the molecule is Cc1ccc(N2CCCN(Cc3cc(F)ccc3F)C2=O)c(NC(=O)c2ccccc2C)c1. The predicted molar refractivity (Wildman–Crippen MR) is 124 cm³/mol. The highest BCUT2D eigenvalue weighted by molar-refractivity contribution is 6.08. The third kappa shape index (κ3) is 4.87. The van der Waals surface area contributed by atoms with Crippen molar-refractivity contribution in [3.05, 3.63) is 94.6 Å². The van der Waals surface area contributed by atoms with Crippen molar-refractivity contribution in [2.75, 3.05) is 23.3 Å². The molecule has 170 valence electrons. The molecule has 1 fully saturated rings. The Morgan fingerprint density at radius 2 is 1.79 bits per heavy atom. The molecule has 3 amide bonds. The first-order valence-electron chi connectivity index (χ1n) is 10.8. The van der Waals surface area contributed by atoms with E-state index in [1.165, 1.54) is 4.90 Å². The molecular weight excluding hydrogens is 424 g/mol. The molecule has 1 aliphatic rings. The number of benzene rings is 3. The van der Waals surface area contributed by atoms with Crippen LogP contribution in [0.4, 0.5) is 25.0 Å². The Morgan fingerprint density at radius 3 is 2.58 bits per heavy atom. The van der Waals surface area contributed by atoms with E-state index in [-0.39, 0.29) is 24.0 Å². The Kier molecular flexibility index (Phi) is 6.40. The van der Waals surface area contributed by atoms with Gasteiger partial charge in [0.05, 0.1) is 17.9 Å². The van der Waals surface area contributed by atoms with Gasteiger partial charge in [0, 0.05) is 24.2 Å². The zero-order valence-electron chi connectivity index (χ0n) is 18.6. The molecule has 0 aromatic heterocycles. The Labute approximate surface area is 191 Å². The predicted octanol–water partition coefficient (Wildman–Crippen LogP) is 5.67. The first-order chi connectivity index (χ1) is 15.8. The van der Waals surface area contributed by atoms with Crippen molar-refractivity contribution in [2.45, 2.75) is 26.8 Å². The van der Waals surface area contributed by atoms with Crippen molar-refractivity contribution >= 4 is 23.3 Å². The van der Waals surface area contributed by atoms with Crippen LogP contribution in [0, 0.1) is 25.5 Å². The highest BCUT2D eigenvalue weighted by Crippen LogP contribution is 2.31. The number of aryl methyl sites for hydroxylation is 2. The molecule has 0 aliphatic carbocycles. The maximum absolute atomic E-state index is 14.2. The molecule has 4 rings (SSSR count). The molecule has 1 N–H and O–H groups in total. The number of carbonyl (C=O) groups is 2. The normalized spacial score (nSPS) is 13.9. The van der Waals surface area contributed by atoms with Gasteiger partial charge in [-0.25, -0.2) is 13.6 Å². The molecule has 1 aliphatic heterocycles. The van der Waals surface area contributed by atoms with E-state index >= 15 is 0 Å². The van der Waals surface area contributed by atoms with E-state index < -0.39 is 11.6 Å². The minimum absolute atomic E-state index is 0.0321. The molecule has 0 spiro atoms. The molecule has 33 heavy (non-hydrogen) atoms. The molecule has 0 radical (unpaired) electrons. The summed E-state index contributed by atoms with van der Waals surface area (Å²) >= 11 is 0. The van der Waals surface area contributed by atoms with E-state index in [1.807, 2.05) is 38.1 Å². The second-order valence-electron chi connectivity index (χ2n) is 8.23. The van der Waals surface area contributed by atoms with Crippen LogP contribution in [0.5, 0.6) is 0 Å². The Hall–Kier alpha value is -3.74. The van der Waals surface area contributed by atoms with Gasteiger partial charge in [0.1, 0.15) is 11.6 Å². The van der Waals surface area contributed by atoms with Gasteiger partial charge in [0.25, 0.3) is 5.91 Å². The molecule has 1 saturated heterocycles. The average molecular weight is 450 g/mol. The maximum atomic E-state index is 14.2. The summed E-state index contributed by atoms with van der Waals surface area (Å²) in [6, 6.07) is 15.7. The van der Waals surface area contributed by atoms with Gasteiger partial charge in [0.2, 0.25) is 0 Å². The highest BCUT2D eigenvalue weighted by atomic mass is 19.1. The van der Waals surface area contributed by atoms with E-state index in [0.29, 0.717) is 36.4 Å². The van der Waals surface area contributed by atoms with Gasteiger partial charge in [-0.05, 0) is 67.8 Å². The number of halogens is 2. The number of nitrogens with one attached hydrogen (secondary N) is 1. The van der Waals surface area contributed by atoms with Crippen LogP contribution in [-0.4, -0.2) is 29.9 Å². The number of urea groups is 1. The molecule has 0 saturated carbocycles. The standard InChI is InChI=1S/C26H25F2N3O2/c1-17-8-11-24(23(14-17)29-25(32)21-7-4-3-6-18(21)2)31-13-5-12-30(26(31)33)16-19-15-20(27)9-10-22(19)28/h3-4,6-11,14-15H,5,12-13,16H2,1-2H3,(H,29,32). The van der Waals surface area contributed by atoms with Crippen LogP contribution >= 0.6 is 0 Å². The van der Waals surface area contributed by atoms with Crippen molar-refractivity contribution in [3.63, 3.8) is 0 Å². The second kappa shape index (κ2) is 9.40. The van der Waals surface area contributed by atoms with Gasteiger partial charge < -0.3 is 10.2 Å². The van der Waals surface area contributed by atoms with E-state index in [2.05, 4.69) is 5.32 Å². The summed E-state index contributed by atoms with van der Waals surface area (Å²) in [6.07, 6.45) is 0.654. The van der Waals surface area contributed by atoms with Gasteiger partial charge in [-0.3, -0.25) is 9.69 Å². The van der Waals surface area contributed by atoms with Crippen LogP contribution in [0.25, 0.3) is 0 Å². The fourth-order valence-electron chi connectivity index (χ4n) is 4.02. The van der Waals surface area contributed by atoms with E-state index in [9.17, 15) is 18.4 Å². The smallest absolute Gasteiger partial charge is 0.320 e. The molecule has 3 aromatic carbocycles. The first-order valence-corrected chi connectivity index (χ1v) is 10.8. The van der Waals surface area contributed by atoms with Crippen LogP contribution in [0.15, 0.2) is 60.7 Å². The molecule has 3 aromatic rings. The summed E-state index contributed by atoms with van der Waals surface area (Å²) in [5, 5.41) is 2.95. The minimum Gasteiger partial charge on any atom is -0.320 e. The van der Waals surface area contributed by atoms with Crippen LogP contribution in [-0.2, 0) is 6.54 Å². The Balaban J connectivity index is 1.60. The first kappa shape index (κ1) is 22.5. The van der Waals surface area contributed by atoms with Gasteiger partial charge in [-0.1, -0.05) is 24.3 Å². The summed E-state index contributed by atoms with van der Waals surface area (Å²) < 4.78 is 27.8. The van der Waals surface area contributed by atoms with Crippen LogP contribution < -0.4 is 10.2 Å². The lowest BCUT2D eigenvalue weighted by molar-refractivity contribution is 0.102. The Bertz CT molecular complexity index is 1210. The van der Waals surface area contributed by atoms with E-state index in [4.69, 9.17) is 0 Å².